The molecule has 6 nitrogen and oxygen atoms in total. The Morgan fingerprint density at radius 2 is 1.91 bits per heavy atom. The lowest BCUT2D eigenvalue weighted by molar-refractivity contribution is 0.265. The average molecular weight is 445 g/mol. The fraction of sp³-hybridized carbons (Fsp3) is 0.407. The van der Waals surface area contributed by atoms with E-state index in [2.05, 4.69) is 99.4 Å². The third-order valence-corrected chi connectivity index (χ3v) is 6.57. The normalized spacial score (nSPS) is 19.2. The minimum atomic E-state index is 0.414. The molecule has 0 radical (unpaired) electrons. The first kappa shape index (κ1) is 23.1. The first-order valence-electron chi connectivity index (χ1n) is 11.9. The second-order valence-electron chi connectivity index (χ2n) is 9.29. The number of hydrogen-bond donors (Lipinski definition) is 2. The largest absolute Gasteiger partial charge is 0.352 e. The Hall–Kier alpha value is -3.12. The molecule has 174 valence electrons. The Kier molecular flexibility index (Phi) is 7.45. The maximum absolute atomic E-state index is 4.49. The fourth-order valence-electron chi connectivity index (χ4n) is 4.50. The maximum atomic E-state index is 4.49. The molecule has 0 amide bonds. The van der Waals surface area contributed by atoms with Gasteiger partial charge in [-0.05, 0) is 42.0 Å². The highest BCUT2D eigenvalue weighted by atomic mass is 15.3. The molecule has 2 aromatic carbocycles. The number of aromatic nitrogens is 2. The van der Waals surface area contributed by atoms with Crippen molar-refractivity contribution in [1.82, 2.24) is 25.1 Å². The molecular weight excluding hydrogens is 408 g/mol. The fourth-order valence-corrected chi connectivity index (χ4v) is 4.50. The van der Waals surface area contributed by atoms with Crippen LogP contribution in [-0.4, -0.2) is 52.6 Å². The summed E-state index contributed by atoms with van der Waals surface area (Å²) in [6.45, 7) is 10.6. The molecule has 1 saturated heterocycles. The summed E-state index contributed by atoms with van der Waals surface area (Å²) in [4.78, 5) is 11.1. The van der Waals surface area contributed by atoms with Gasteiger partial charge in [-0.2, -0.15) is 0 Å². The Morgan fingerprint density at radius 1 is 1.12 bits per heavy atom. The van der Waals surface area contributed by atoms with Crippen molar-refractivity contribution in [3.8, 4) is 11.1 Å². The number of benzene rings is 2. The number of nitrogens with zero attached hydrogens (tertiary/aromatic N) is 4. The molecule has 2 atom stereocenters. The molecule has 0 aliphatic carbocycles. The zero-order valence-corrected chi connectivity index (χ0v) is 20.2. The van der Waals surface area contributed by atoms with Crippen molar-refractivity contribution < 1.29 is 0 Å². The predicted octanol–water partition coefficient (Wildman–Crippen LogP) is 3.99. The molecule has 3 aromatic rings. The van der Waals surface area contributed by atoms with Crippen molar-refractivity contribution in [2.75, 3.05) is 20.1 Å². The number of rotatable bonds is 7. The zero-order chi connectivity index (χ0) is 23.2. The number of guanidine groups is 1. The van der Waals surface area contributed by atoms with Gasteiger partial charge in [0.1, 0.15) is 0 Å². The standard InChI is InChI=1S/C27H36N6/c1-20(2)33-16-21(3)26(18-33)31-27(28-4)30-15-24-7-5-6-8-25(24)23-11-9-22(10-12-23)17-32-14-13-29-19-32/h5-14,19-21,26H,15-18H2,1-4H3,(H2,28,30,31). The van der Waals surface area contributed by atoms with Crippen LogP contribution in [0.25, 0.3) is 11.1 Å². The molecule has 6 heteroatoms. The van der Waals surface area contributed by atoms with Gasteiger partial charge in [-0.15, -0.1) is 0 Å². The first-order chi connectivity index (χ1) is 16.0. The van der Waals surface area contributed by atoms with Crippen LogP contribution >= 0.6 is 0 Å². The summed E-state index contributed by atoms with van der Waals surface area (Å²) >= 11 is 0. The van der Waals surface area contributed by atoms with Crippen molar-refractivity contribution in [1.29, 1.82) is 0 Å². The second kappa shape index (κ2) is 10.7. The first-order valence-corrected chi connectivity index (χ1v) is 11.9. The van der Waals surface area contributed by atoms with Crippen molar-refractivity contribution >= 4 is 5.96 Å². The van der Waals surface area contributed by atoms with E-state index in [-0.39, 0.29) is 0 Å². The van der Waals surface area contributed by atoms with Gasteiger partial charge in [0.2, 0.25) is 0 Å². The van der Waals surface area contributed by atoms with Gasteiger partial charge in [-0.1, -0.05) is 55.5 Å². The van der Waals surface area contributed by atoms with Crippen LogP contribution in [0.4, 0.5) is 0 Å². The second-order valence-corrected chi connectivity index (χ2v) is 9.29. The Bertz CT molecular complexity index is 1040. The quantitative estimate of drug-likeness (QED) is 0.427. The summed E-state index contributed by atoms with van der Waals surface area (Å²) in [5, 5.41) is 7.19. The monoisotopic (exact) mass is 444 g/mol. The lowest BCUT2D eigenvalue weighted by Gasteiger charge is -2.22. The van der Waals surface area contributed by atoms with Gasteiger partial charge in [-0.3, -0.25) is 9.89 Å². The van der Waals surface area contributed by atoms with Crippen molar-refractivity contribution in [3.63, 3.8) is 0 Å². The van der Waals surface area contributed by atoms with Crippen LogP contribution in [-0.2, 0) is 13.1 Å². The maximum Gasteiger partial charge on any atom is 0.191 e. The summed E-state index contributed by atoms with van der Waals surface area (Å²) in [6, 6.07) is 18.4. The molecule has 1 aromatic heterocycles. The van der Waals surface area contributed by atoms with Gasteiger partial charge in [0, 0.05) is 57.7 Å². The van der Waals surface area contributed by atoms with E-state index in [0.717, 1.165) is 32.1 Å². The molecule has 1 fully saturated rings. The minimum absolute atomic E-state index is 0.414. The lowest BCUT2D eigenvalue weighted by atomic mass is 9.98. The average Bonchev–Trinajstić information content (AvgIpc) is 3.47. The SMILES string of the molecule is CN=C(NCc1ccccc1-c1ccc(Cn2ccnc2)cc1)NC1CN(C(C)C)CC1C. The van der Waals surface area contributed by atoms with Crippen molar-refractivity contribution in [2.24, 2.45) is 10.9 Å². The van der Waals surface area contributed by atoms with E-state index in [1.807, 2.05) is 25.8 Å². The van der Waals surface area contributed by atoms with E-state index in [1.165, 1.54) is 22.3 Å². The van der Waals surface area contributed by atoms with Gasteiger partial charge in [0.15, 0.2) is 5.96 Å². The summed E-state index contributed by atoms with van der Waals surface area (Å²) in [7, 11) is 1.85. The van der Waals surface area contributed by atoms with Gasteiger partial charge in [0.25, 0.3) is 0 Å². The van der Waals surface area contributed by atoms with E-state index < -0.39 is 0 Å². The summed E-state index contributed by atoms with van der Waals surface area (Å²) in [5.41, 5.74) is 4.99. The Morgan fingerprint density at radius 3 is 2.58 bits per heavy atom. The molecule has 2 N–H and O–H groups in total. The van der Waals surface area contributed by atoms with Gasteiger partial charge < -0.3 is 15.2 Å². The minimum Gasteiger partial charge on any atom is -0.352 e. The molecule has 4 rings (SSSR count). The predicted molar refractivity (Wildman–Crippen MR) is 136 cm³/mol. The third kappa shape index (κ3) is 5.82. The van der Waals surface area contributed by atoms with Crippen LogP contribution in [0.5, 0.6) is 0 Å². The van der Waals surface area contributed by atoms with Crippen molar-refractivity contribution in [2.45, 2.75) is 45.9 Å². The van der Waals surface area contributed by atoms with Gasteiger partial charge in [0.05, 0.1) is 6.33 Å². The van der Waals surface area contributed by atoms with Crippen LogP contribution < -0.4 is 10.6 Å². The Labute approximate surface area is 197 Å². The molecule has 33 heavy (non-hydrogen) atoms. The summed E-state index contributed by atoms with van der Waals surface area (Å²) < 4.78 is 2.08. The van der Waals surface area contributed by atoms with E-state index >= 15 is 0 Å². The molecule has 2 unspecified atom stereocenters. The topological polar surface area (TPSA) is 57.5 Å². The van der Waals surface area contributed by atoms with Crippen LogP contribution in [0.1, 0.15) is 31.9 Å². The highest BCUT2D eigenvalue weighted by molar-refractivity contribution is 5.80. The number of aliphatic imine (C=N–C) groups is 1. The van der Waals surface area contributed by atoms with E-state index in [0.29, 0.717) is 18.0 Å². The van der Waals surface area contributed by atoms with E-state index in [1.54, 1.807) is 0 Å². The number of imidazole rings is 1. The van der Waals surface area contributed by atoms with Gasteiger partial charge in [-0.25, -0.2) is 4.98 Å². The zero-order valence-electron chi connectivity index (χ0n) is 20.2. The van der Waals surface area contributed by atoms with Crippen LogP contribution in [0.2, 0.25) is 0 Å². The van der Waals surface area contributed by atoms with Crippen LogP contribution in [0, 0.1) is 5.92 Å². The summed E-state index contributed by atoms with van der Waals surface area (Å²) in [5.74, 6) is 1.46. The van der Waals surface area contributed by atoms with Gasteiger partial charge >= 0.3 is 0 Å². The highest BCUT2D eigenvalue weighted by Crippen LogP contribution is 2.24. The molecule has 0 saturated carbocycles. The molecule has 0 spiro atoms. The number of likely N-dealkylation sites (tertiary alicyclic amines) is 1. The lowest BCUT2D eigenvalue weighted by Crippen LogP contribution is -2.46. The number of nitrogens with one attached hydrogen (secondary N) is 2. The molecule has 2 heterocycles. The van der Waals surface area contributed by atoms with E-state index in [9.17, 15) is 0 Å². The van der Waals surface area contributed by atoms with Crippen LogP contribution in [0.15, 0.2) is 72.2 Å². The van der Waals surface area contributed by atoms with E-state index in [4.69, 9.17) is 0 Å². The number of hydrogen-bond acceptors (Lipinski definition) is 3. The molecule has 0 bridgehead atoms. The molecular formula is C27H36N6. The highest BCUT2D eigenvalue weighted by Gasteiger charge is 2.31. The van der Waals surface area contributed by atoms with Crippen molar-refractivity contribution in [3.05, 3.63) is 78.4 Å². The molecule has 1 aliphatic heterocycles. The molecule has 1 aliphatic rings. The van der Waals surface area contributed by atoms with Crippen LogP contribution in [0.3, 0.4) is 0 Å². The summed E-state index contributed by atoms with van der Waals surface area (Å²) in [6.07, 6.45) is 5.65. The smallest absolute Gasteiger partial charge is 0.191 e. The Balaban J connectivity index is 1.40. The third-order valence-electron chi connectivity index (χ3n) is 6.57.